The summed E-state index contributed by atoms with van der Waals surface area (Å²) in [5, 5.41) is 14.5. The van der Waals surface area contributed by atoms with E-state index in [0.29, 0.717) is 16.3 Å². The first-order chi connectivity index (χ1) is 19.4. The molecule has 0 aliphatic heterocycles. The molecule has 0 radical (unpaired) electrons. The highest BCUT2D eigenvalue weighted by molar-refractivity contribution is 7.92. The third-order valence-corrected chi connectivity index (χ3v) is 8.67. The summed E-state index contributed by atoms with van der Waals surface area (Å²) >= 11 is 6.36. The van der Waals surface area contributed by atoms with Crippen molar-refractivity contribution in [2.45, 2.75) is 37.8 Å². The van der Waals surface area contributed by atoms with Gasteiger partial charge in [0, 0.05) is 30.2 Å². The number of benzene rings is 3. The molecule has 0 saturated heterocycles. The molecule has 0 saturated carbocycles. The van der Waals surface area contributed by atoms with Crippen LogP contribution in [0.1, 0.15) is 24.5 Å². The molecule has 0 spiro atoms. The van der Waals surface area contributed by atoms with Gasteiger partial charge in [-0.1, -0.05) is 42.8 Å². The van der Waals surface area contributed by atoms with Crippen molar-refractivity contribution in [2.24, 2.45) is 0 Å². The van der Waals surface area contributed by atoms with Gasteiger partial charge in [0.15, 0.2) is 0 Å². The van der Waals surface area contributed by atoms with E-state index in [4.69, 9.17) is 16.3 Å². The minimum atomic E-state index is -4.50. The Morgan fingerprint density at radius 3 is 2.32 bits per heavy atom. The number of hydrogen-bond donors (Lipinski definition) is 1. The second-order valence-corrected chi connectivity index (χ2v) is 11.3. The summed E-state index contributed by atoms with van der Waals surface area (Å²) in [5.74, 6) is -0.656. The molecule has 1 atom stereocenters. The van der Waals surface area contributed by atoms with Crippen LogP contribution < -0.4 is 14.4 Å². The Kier molecular flexibility index (Phi) is 10.3. The first-order valence-electron chi connectivity index (χ1n) is 12.6. The van der Waals surface area contributed by atoms with E-state index < -0.39 is 39.3 Å². The molecule has 0 aliphatic rings. The number of halogens is 1. The standard InChI is InChI=1S/C28H31ClN4O7S/c1-5-25(28(35)30-3)31(17-20-8-6-7-9-24(20)29)27(34)18-32(21-11-13-22(40-4)14-12-21)41(38,39)23-15-10-19(2)26(16-23)33(36)37/h6-16,25H,5,17-18H2,1-4H3,(H,30,35). The molecule has 3 rings (SSSR count). The fourth-order valence-electron chi connectivity index (χ4n) is 4.25. The van der Waals surface area contributed by atoms with Gasteiger partial charge in [0.1, 0.15) is 18.3 Å². The molecule has 3 aromatic rings. The maximum absolute atomic E-state index is 14.0. The number of nitro groups is 1. The SMILES string of the molecule is CCC(C(=O)NC)N(Cc1ccccc1Cl)C(=O)CN(c1ccc(OC)cc1)S(=O)(=O)c1ccc(C)c([N+](=O)[O-])c1. The maximum atomic E-state index is 14.0. The van der Waals surface area contributed by atoms with E-state index in [1.165, 1.54) is 62.4 Å². The number of aryl methyl sites for hydroxylation is 1. The van der Waals surface area contributed by atoms with E-state index in [0.717, 1.165) is 10.4 Å². The second kappa shape index (κ2) is 13.5. The minimum Gasteiger partial charge on any atom is -0.497 e. The number of ether oxygens (including phenoxy) is 1. The lowest BCUT2D eigenvalue weighted by Gasteiger charge is -2.33. The number of nitrogens with zero attached hydrogens (tertiary/aromatic N) is 3. The highest BCUT2D eigenvalue weighted by Gasteiger charge is 2.34. The number of nitro benzene ring substituents is 1. The number of sulfonamides is 1. The molecule has 0 aromatic heterocycles. The van der Waals surface area contributed by atoms with Crippen LogP contribution >= 0.6 is 11.6 Å². The lowest BCUT2D eigenvalue weighted by molar-refractivity contribution is -0.385. The smallest absolute Gasteiger partial charge is 0.273 e. The number of nitrogens with one attached hydrogen (secondary N) is 1. The molecule has 1 unspecified atom stereocenters. The number of carbonyl (C=O) groups excluding carboxylic acids is 2. The van der Waals surface area contributed by atoms with Gasteiger partial charge in [-0.3, -0.25) is 24.0 Å². The summed E-state index contributed by atoms with van der Waals surface area (Å²) in [6.07, 6.45) is 0.245. The average molecular weight is 603 g/mol. The van der Waals surface area contributed by atoms with Crippen LogP contribution in [-0.2, 0) is 26.2 Å². The van der Waals surface area contributed by atoms with Crippen LogP contribution in [0, 0.1) is 17.0 Å². The molecular weight excluding hydrogens is 572 g/mol. The average Bonchev–Trinajstić information content (AvgIpc) is 2.96. The van der Waals surface area contributed by atoms with Crippen LogP contribution in [-0.4, -0.2) is 56.8 Å². The monoisotopic (exact) mass is 602 g/mol. The van der Waals surface area contributed by atoms with Crippen LogP contribution in [0.3, 0.4) is 0 Å². The van der Waals surface area contributed by atoms with Gasteiger partial charge in [0.2, 0.25) is 11.8 Å². The zero-order valence-corrected chi connectivity index (χ0v) is 24.6. The molecule has 11 nitrogen and oxygen atoms in total. The van der Waals surface area contributed by atoms with E-state index in [9.17, 15) is 28.1 Å². The summed E-state index contributed by atoms with van der Waals surface area (Å²) in [5.41, 5.74) is 0.590. The number of likely N-dealkylation sites (N-methyl/N-ethyl adjacent to an activating group) is 1. The maximum Gasteiger partial charge on any atom is 0.273 e. The minimum absolute atomic E-state index is 0.0586. The third kappa shape index (κ3) is 7.14. The van der Waals surface area contributed by atoms with E-state index in [2.05, 4.69) is 5.32 Å². The molecule has 0 heterocycles. The van der Waals surface area contributed by atoms with Crippen molar-refractivity contribution in [3.05, 3.63) is 93.0 Å². The van der Waals surface area contributed by atoms with Crippen molar-refractivity contribution in [3.63, 3.8) is 0 Å². The first kappa shape index (κ1) is 31.4. The molecule has 1 N–H and O–H groups in total. The highest BCUT2D eigenvalue weighted by atomic mass is 35.5. The number of carbonyl (C=O) groups is 2. The summed E-state index contributed by atoms with van der Waals surface area (Å²) in [6, 6.07) is 15.4. The van der Waals surface area contributed by atoms with Gasteiger partial charge in [-0.05, 0) is 55.3 Å². The van der Waals surface area contributed by atoms with Crippen LogP contribution in [0.25, 0.3) is 0 Å². The zero-order valence-electron chi connectivity index (χ0n) is 23.0. The van der Waals surface area contributed by atoms with Crippen LogP contribution in [0.15, 0.2) is 71.6 Å². The Labute approximate surface area is 243 Å². The van der Waals surface area contributed by atoms with Crippen molar-refractivity contribution in [1.82, 2.24) is 10.2 Å². The Balaban J connectivity index is 2.13. The Hall–Kier alpha value is -4.16. The normalized spacial score (nSPS) is 11.8. The van der Waals surface area contributed by atoms with Crippen LogP contribution in [0.4, 0.5) is 11.4 Å². The number of hydrogen-bond acceptors (Lipinski definition) is 7. The lowest BCUT2D eigenvalue weighted by atomic mass is 10.1. The molecule has 0 fully saturated rings. The molecule has 3 aromatic carbocycles. The van der Waals surface area contributed by atoms with E-state index in [1.54, 1.807) is 31.2 Å². The van der Waals surface area contributed by atoms with Crippen molar-refractivity contribution in [1.29, 1.82) is 0 Å². The van der Waals surface area contributed by atoms with Gasteiger partial charge in [0.25, 0.3) is 15.7 Å². The van der Waals surface area contributed by atoms with Crippen molar-refractivity contribution < 1.29 is 27.7 Å². The van der Waals surface area contributed by atoms with Gasteiger partial charge in [0.05, 0.1) is 22.6 Å². The van der Waals surface area contributed by atoms with E-state index in [1.807, 2.05) is 0 Å². The number of methoxy groups -OCH3 is 1. The molecule has 2 amide bonds. The molecule has 0 aliphatic carbocycles. The number of amides is 2. The number of rotatable bonds is 12. The zero-order chi connectivity index (χ0) is 30.3. The molecule has 218 valence electrons. The van der Waals surface area contributed by atoms with Crippen LogP contribution in [0.2, 0.25) is 5.02 Å². The third-order valence-electron chi connectivity index (χ3n) is 6.54. The van der Waals surface area contributed by atoms with Gasteiger partial charge in [-0.25, -0.2) is 8.42 Å². The van der Waals surface area contributed by atoms with Gasteiger partial charge < -0.3 is 15.0 Å². The van der Waals surface area contributed by atoms with E-state index >= 15 is 0 Å². The molecule has 0 bridgehead atoms. The molecular formula is C28H31ClN4O7S. The van der Waals surface area contributed by atoms with E-state index in [-0.39, 0.29) is 34.8 Å². The van der Waals surface area contributed by atoms with Crippen molar-refractivity contribution >= 4 is 44.8 Å². The Bertz CT molecular complexity index is 1530. The van der Waals surface area contributed by atoms with Gasteiger partial charge in [-0.15, -0.1) is 0 Å². The van der Waals surface area contributed by atoms with Gasteiger partial charge in [-0.2, -0.15) is 0 Å². The first-order valence-corrected chi connectivity index (χ1v) is 14.4. The summed E-state index contributed by atoms with van der Waals surface area (Å²) < 4.78 is 34.0. The fraction of sp³-hybridized carbons (Fsp3) is 0.286. The van der Waals surface area contributed by atoms with Crippen molar-refractivity contribution in [3.8, 4) is 5.75 Å². The predicted molar refractivity (Wildman–Crippen MR) is 156 cm³/mol. The predicted octanol–water partition coefficient (Wildman–Crippen LogP) is 4.31. The second-order valence-electron chi connectivity index (χ2n) is 9.07. The fourth-order valence-corrected chi connectivity index (χ4v) is 5.88. The van der Waals surface area contributed by atoms with Crippen LogP contribution in [0.5, 0.6) is 5.75 Å². The highest BCUT2D eigenvalue weighted by Crippen LogP contribution is 2.30. The quantitative estimate of drug-likeness (QED) is 0.241. The largest absolute Gasteiger partial charge is 0.497 e. The summed E-state index contributed by atoms with van der Waals surface area (Å²) in [6.45, 7) is 2.47. The summed E-state index contributed by atoms with van der Waals surface area (Å²) in [7, 11) is -1.60. The Morgan fingerprint density at radius 2 is 1.76 bits per heavy atom. The van der Waals surface area contributed by atoms with Gasteiger partial charge >= 0.3 is 0 Å². The lowest BCUT2D eigenvalue weighted by Crippen LogP contribution is -2.51. The van der Waals surface area contributed by atoms with Crippen molar-refractivity contribution in [2.75, 3.05) is 25.0 Å². The Morgan fingerprint density at radius 1 is 1.10 bits per heavy atom. The molecule has 13 heteroatoms. The summed E-state index contributed by atoms with van der Waals surface area (Å²) in [4.78, 5) is 38.6. The molecule has 41 heavy (non-hydrogen) atoms. The topological polar surface area (TPSA) is 139 Å². The number of anilines is 1.